The summed E-state index contributed by atoms with van der Waals surface area (Å²) in [6.07, 6.45) is 1.89. The lowest BCUT2D eigenvalue weighted by Gasteiger charge is -2.19. The van der Waals surface area contributed by atoms with Crippen LogP contribution in [0.5, 0.6) is 0 Å². The fraction of sp³-hybridized carbons (Fsp3) is 0.333. The van der Waals surface area contributed by atoms with Gasteiger partial charge in [-0.2, -0.15) is 0 Å². The van der Waals surface area contributed by atoms with Gasteiger partial charge in [0.05, 0.1) is 7.57 Å². The zero-order valence-corrected chi connectivity index (χ0v) is 16.9. The minimum Gasteiger partial charge on any atom is -0.310 e. The summed E-state index contributed by atoms with van der Waals surface area (Å²) in [7, 11) is 0. The Morgan fingerprint density at radius 2 is 2.00 bits per heavy atom. The Morgan fingerprint density at radius 1 is 1.24 bits per heavy atom. The molecule has 2 aromatic rings. The molecular weight excluding hydrogens is 457 g/mol. The number of halogens is 4. The summed E-state index contributed by atoms with van der Waals surface area (Å²) in [5.41, 5.74) is 2.31. The Balaban J connectivity index is 2.28. The van der Waals surface area contributed by atoms with Crippen molar-refractivity contribution in [2.24, 2.45) is 0 Å². The largest absolute Gasteiger partial charge is 0.310 e. The molecule has 1 unspecified atom stereocenters. The normalized spacial score (nSPS) is 12.6. The molecule has 1 heterocycles. The molecule has 2 rings (SSSR count). The SMILES string of the molecule is CCCNC(Cc1cc(Cl)ccc1Cl)c1cc(Br)sc1Br. The zero-order chi connectivity index (χ0) is 15.4. The van der Waals surface area contributed by atoms with Crippen molar-refractivity contribution in [1.29, 1.82) is 0 Å². The quantitative estimate of drug-likeness (QED) is 0.485. The lowest BCUT2D eigenvalue weighted by molar-refractivity contribution is 0.529. The predicted molar refractivity (Wildman–Crippen MR) is 101 cm³/mol. The van der Waals surface area contributed by atoms with Crippen molar-refractivity contribution in [1.82, 2.24) is 5.32 Å². The van der Waals surface area contributed by atoms with Crippen LogP contribution in [0, 0.1) is 0 Å². The molecule has 1 N–H and O–H groups in total. The van der Waals surface area contributed by atoms with E-state index in [0.717, 1.165) is 37.5 Å². The summed E-state index contributed by atoms with van der Waals surface area (Å²) in [5, 5.41) is 5.06. The monoisotopic (exact) mass is 469 g/mol. The second-order valence-electron chi connectivity index (χ2n) is 4.73. The van der Waals surface area contributed by atoms with E-state index in [-0.39, 0.29) is 6.04 Å². The van der Waals surface area contributed by atoms with Gasteiger partial charge < -0.3 is 5.32 Å². The van der Waals surface area contributed by atoms with Crippen LogP contribution < -0.4 is 5.32 Å². The van der Waals surface area contributed by atoms with Crippen molar-refractivity contribution in [3.63, 3.8) is 0 Å². The molecule has 114 valence electrons. The van der Waals surface area contributed by atoms with Crippen molar-refractivity contribution < 1.29 is 0 Å². The van der Waals surface area contributed by atoms with Crippen LogP contribution in [0.1, 0.15) is 30.5 Å². The standard InChI is InChI=1S/C15H15Br2Cl2NS/c1-2-5-20-13(11-8-14(16)21-15(11)17)7-9-6-10(18)3-4-12(9)19/h3-4,6,8,13,20H,2,5,7H2,1H3. The minimum atomic E-state index is 0.206. The molecule has 6 heteroatoms. The summed E-state index contributed by atoms with van der Waals surface area (Å²) in [4.78, 5) is 0. The van der Waals surface area contributed by atoms with Crippen LogP contribution >= 0.6 is 66.4 Å². The van der Waals surface area contributed by atoms with E-state index >= 15 is 0 Å². The van der Waals surface area contributed by atoms with Gasteiger partial charge in [-0.15, -0.1) is 11.3 Å². The van der Waals surface area contributed by atoms with E-state index < -0.39 is 0 Å². The van der Waals surface area contributed by atoms with Crippen molar-refractivity contribution in [3.05, 3.63) is 53.0 Å². The summed E-state index contributed by atoms with van der Waals surface area (Å²) >= 11 is 21.3. The Kier molecular flexibility index (Phi) is 7.04. The predicted octanol–water partition coefficient (Wildman–Crippen LogP) is 6.86. The number of nitrogens with one attached hydrogen (secondary N) is 1. The fourth-order valence-corrected chi connectivity index (χ4v) is 5.48. The molecule has 21 heavy (non-hydrogen) atoms. The maximum absolute atomic E-state index is 6.30. The molecule has 0 bridgehead atoms. The molecule has 1 aromatic carbocycles. The molecule has 0 saturated carbocycles. The van der Waals surface area contributed by atoms with Crippen LogP contribution in [0.2, 0.25) is 10.0 Å². The zero-order valence-electron chi connectivity index (χ0n) is 11.4. The molecule has 0 aliphatic heterocycles. The van der Waals surface area contributed by atoms with E-state index in [1.807, 2.05) is 18.2 Å². The van der Waals surface area contributed by atoms with Gasteiger partial charge >= 0.3 is 0 Å². The lowest BCUT2D eigenvalue weighted by atomic mass is 10.0. The first-order chi connectivity index (χ1) is 10.0. The first-order valence-electron chi connectivity index (χ1n) is 6.63. The summed E-state index contributed by atoms with van der Waals surface area (Å²) in [5.74, 6) is 0. The molecule has 0 amide bonds. The highest BCUT2D eigenvalue weighted by Crippen LogP contribution is 2.37. The molecular formula is C15H15Br2Cl2NS. The highest BCUT2D eigenvalue weighted by atomic mass is 79.9. The number of thiophene rings is 1. The van der Waals surface area contributed by atoms with Crippen molar-refractivity contribution in [2.75, 3.05) is 6.54 Å². The molecule has 0 aliphatic rings. The fourth-order valence-electron chi connectivity index (χ4n) is 2.12. The van der Waals surface area contributed by atoms with Gasteiger partial charge in [-0.3, -0.25) is 0 Å². The summed E-state index contributed by atoms with van der Waals surface area (Å²) in [6, 6.07) is 7.98. The Morgan fingerprint density at radius 3 is 2.62 bits per heavy atom. The van der Waals surface area contributed by atoms with Crippen molar-refractivity contribution in [3.8, 4) is 0 Å². The average molecular weight is 472 g/mol. The number of hydrogen-bond acceptors (Lipinski definition) is 2. The first kappa shape index (κ1) is 17.8. The molecule has 0 fully saturated rings. The van der Waals surface area contributed by atoms with Gasteiger partial charge in [0.2, 0.25) is 0 Å². The van der Waals surface area contributed by atoms with Gasteiger partial charge in [-0.1, -0.05) is 30.1 Å². The topological polar surface area (TPSA) is 12.0 Å². The van der Waals surface area contributed by atoms with Crippen LogP contribution in [0.4, 0.5) is 0 Å². The van der Waals surface area contributed by atoms with E-state index in [1.54, 1.807) is 11.3 Å². The second kappa shape index (κ2) is 8.32. The average Bonchev–Trinajstić information content (AvgIpc) is 2.77. The van der Waals surface area contributed by atoms with Gasteiger partial charge in [0.1, 0.15) is 0 Å². The smallest absolute Gasteiger partial charge is 0.0758 e. The van der Waals surface area contributed by atoms with Gasteiger partial charge in [0, 0.05) is 16.1 Å². The first-order valence-corrected chi connectivity index (χ1v) is 9.79. The Hall–Kier alpha value is 0.420. The van der Waals surface area contributed by atoms with E-state index in [9.17, 15) is 0 Å². The summed E-state index contributed by atoms with van der Waals surface area (Å²) in [6.45, 7) is 3.12. The molecule has 1 nitrogen and oxygen atoms in total. The van der Waals surface area contributed by atoms with Gasteiger partial charge in [0.25, 0.3) is 0 Å². The van der Waals surface area contributed by atoms with Gasteiger partial charge in [-0.25, -0.2) is 0 Å². The third-order valence-corrected chi connectivity index (χ3v) is 6.12. The number of hydrogen-bond donors (Lipinski definition) is 1. The van der Waals surface area contributed by atoms with E-state index in [1.165, 1.54) is 5.56 Å². The van der Waals surface area contributed by atoms with Crippen LogP contribution in [0.3, 0.4) is 0 Å². The Bertz CT molecular complexity index is 616. The van der Waals surface area contributed by atoms with Crippen LogP contribution in [-0.2, 0) is 6.42 Å². The highest BCUT2D eigenvalue weighted by Gasteiger charge is 2.18. The third-order valence-electron chi connectivity index (χ3n) is 3.13. The second-order valence-corrected chi connectivity index (χ2v) is 9.32. The van der Waals surface area contributed by atoms with Crippen molar-refractivity contribution in [2.45, 2.75) is 25.8 Å². The maximum Gasteiger partial charge on any atom is 0.0758 e. The van der Waals surface area contributed by atoms with Gasteiger partial charge in [-0.05, 0) is 86.6 Å². The minimum absolute atomic E-state index is 0.206. The molecule has 1 atom stereocenters. The molecule has 0 aliphatic carbocycles. The molecule has 0 radical (unpaired) electrons. The summed E-state index contributed by atoms with van der Waals surface area (Å²) < 4.78 is 2.26. The third kappa shape index (κ3) is 4.95. The lowest BCUT2D eigenvalue weighted by Crippen LogP contribution is -2.24. The van der Waals surface area contributed by atoms with Crippen LogP contribution in [0.25, 0.3) is 0 Å². The van der Waals surface area contributed by atoms with E-state index in [2.05, 4.69) is 50.2 Å². The number of rotatable bonds is 6. The van der Waals surface area contributed by atoms with Crippen LogP contribution in [0.15, 0.2) is 31.8 Å². The number of benzene rings is 1. The van der Waals surface area contributed by atoms with Gasteiger partial charge in [0.15, 0.2) is 0 Å². The maximum atomic E-state index is 6.30. The molecule has 0 saturated heterocycles. The molecule has 1 aromatic heterocycles. The van der Waals surface area contributed by atoms with Crippen molar-refractivity contribution >= 4 is 66.4 Å². The van der Waals surface area contributed by atoms with Crippen LogP contribution in [-0.4, -0.2) is 6.54 Å². The van der Waals surface area contributed by atoms with E-state index in [4.69, 9.17) is 23.2 Å². The Labute approximate surface area is 156 Å². The molecule has 0 spiro atoms. The highest BCUT2D eigenvalue weighted by molar-refractivity contribution is 9.12. The van der Waals surface area contributed by atoms with E-state index in [0.29, 0.717) is 5.02 Å².